The summed E-state index contributed by atoms with van der Waals surface area (Å²) in [6.45, 7) is 0. The standard InChI is InChI=1S/C16H22O4S/c1-19-14(17)16(15(18)20-2)8-10-12(21-3)7-9-5-4-6-11(16)13(9)10/h9,11,13H,4-8H2,1-3H3/t9-,11-,13-/m0/s1. The van der Waals surface area contributed by atoms with Gasteiger partial charge in [0.15, 0.2) is 5.41 Å². The molecule has 0 bridgehead atoms. The summed E-state index contributed by atoms with van der Waals surface area (Å²) in [4.78, 5) is 26.4. The first kappa shape index (κ1) is 14.9. The number of methoxy groups -OCH3 is 2. The second-order valence-corrected chi connectivity index (χ2v) is 7.21. The molecule has 2 saturated carbocycles. The van der Waals surface area contributed by atoms with Crippen LogP contribution in [0.4, 0.5) is 0 Å². The zero-order valence-electron chi connectivity index (χ0n) is 12.8. The number of carbonyl (C=O) groups excluding carboxylic acids is 2. The van der Waals surface area contributed by atoms with Gasteiger partial charge in [-0.2, -0.15) is 0 Å². The van der Waals surface area contributed by atoms with Gasteiger partial charge in [-0.3, -0.25) is 9.59 Å². The largest absolute Gasteiger partial charge is 0.468 e. The van der Waals surface area contributed by atoms with Crippen LogP contribution in [0.3, 0.4) is 0 Å². The fraction of sp³-hybridized carbons (Fsp3) is 0.750. The first-order valence-corrected chi connectivity index (χ1v) is 8.75. The van der Waals surface area contributed by atoms with Gasteiger partial charge < -0.3 is 9.47 Å². The number of hydrogen-bond acceptors (Lipinski definition) is 5. The molecular formula is C16H22O4S. The van der Waals surface area contributed by atoms with Crippen molar-refractivity contribution in [1.82, 2.24) is 0 Å². The van der Waals surface area contributed by atoms with Crippen molar-refractivity contribution >= 4 is 23.7 Å². The fourth-order valence-corrected chi connectivity index (χ4v) is 5.76. The molecule has 3 aliphatic carbocycles. The second kappa shape index (κ2) is 5.34. The zero-order valence-corrected chi connectivity index (χ0v) is 13.6. The predicted octanol–water partition coefficient (Wildman–Crippen LogP) is 2.78. The number of thioether (sulfide) groups is 1. The number of esters is 2. The SMILES string of the molecule is COC(=O)C1(C(=O)OC)CC2=C(SC)C[C@@H]3CCC[C@H]1[C@H]23. The quantitative estimate of drug-likeness (QED) is 0.592. The number of rotatable bonds is 3. The van der Waals surface area contributed by atoms with Crippen molar-refractivity contribution in [2.24, 2.45) is 23.2 Å². The lowest BCUT2D eigenvalue weighted by atomic mass is 9.66. The van der Waals surface area contributed by atoms with E-state index in [0.717, 1.165) is 19.3 Å². The summed E-state index contributed by atoms with van der Waals surface area (Å²) in [5, 5.41) is 0. The Morgan fingerprint density at radius 1 is 1.19 bits per heavy atom. The molecule has 0 aromatic heterocycles. The van der Waals surface area contributed by atoms with Crippen LogP contribution in [-0.2, 0) is 19.1 Å². The van der Waals surface area contributed by atoms with Crippen LogP contribution in [0.1, 0.15) is 32.1 Å². The lowest BCUT2D eigenvalue weighted by Crippen LogP contribution is -2.47. The van der Waals surface area contributed by atoms with Crippen LogP contribution >= 0.6 is 11.8 Å². The maximum Gasteiger partial charge on any atom is 0.323 e. The topological polar surface area (TPSA) is 52.6 Å². The average Bonchev–Trinajstić information content (AvgIpc) is 3.06. The van der Waals surface area contributed by atoms with Gasteiger partial charge in [0, 0.05) is 0 Å². The van der Waals surface area contributed by atoms with E-state index in [-0.39, 0.29) is 5.92 Å². The Morgan fingerprint density at radius 2 is 1.86 bits per heavy atom. The minimum Gasteiger partial charge on any atom is -0.468 e. The van der Waals surface area contributed by atoms with E-state index in [0.29, 0.717) is 18.3 Å². The van der Waals surface area contributed by atoms with Crippen LogP contribution in [0.2, 0.25) is 0 Å². The van der Waals surface area contributed by atoms with Crippen molar-refractivity contribution in [3.05, 3.63) is 10.5 Å². The molecule has 3 rings (SSSR count). The number of allylic oxidation sites excluding steroid dienone is 2. The van der Waals surface area contributed by atoms with Gasteiger partial charge in [0.25, 0.3) is 0 Å². The van der Waals surface area contributed by atoms with Gasteiger partial charge in [0.05, 0.1) is 14.2 Å². The molecule has 4 nitrogen and oxygen atoms in total. The highest BCUT2D eigenvalue weighted by Crippen LogP contribution is 2.64. The van der Waals surface area contributed by atoms with E-state index in [9.17, 15) is 9.59 Å². The third-order valence-electron chi connectivity index (χ3n) is 5.69. The summed E-state index contributed by atoms with van der Waals surface area (Å²) in [7, 11) is 2.73. The molecule has 0 aromatic rings. The maximum absolute atomic E-state index is 12.5. The van der Waals surface area contributed by atoms with Crippen molar-refractivity contribution < 1.29 is 19.1 Å². The molecule has 0 aromatic carbocycles. The van der Waals surface area contributed by atoms with Crippen molar-refractivity contribution in [2.75, 3.05) is 20.5 Å². The van der Waals surface area contributed by atoms with Crippen LogP contribution in [0.25, 0.3) is 0 Å². The van der Waals surface area contributed by atoms with E-state index in [1.165, 1.54) is 31.1 Å². The van der Waals surface area contributed by atoms with Gasteiger partial charge in [-0.25, -0.2) is 0 Å². The van der Waals surface area contributed by atoms with E-state index in [1.807, 2.05) is 0 Å². The monoisotopic (exact) mass is 310 g/mol. The highest BCUT2D eigenvalue weighted by Gasteiger charge is 2.65. The van der Waals surface area contributed by atoms with Crippen LogP contribution < -0.4 is 0 Å². The summed E-state index contributed by atoms with van der Waals surface area (Å²) in [5.74, 6) is 0.192. The van der Waals surface area contributed by atoms with E-state index in [2.05, 4.69) is 6.26 Å². The van der Waals surface area contributed by atoms with Crippen molar-refractivity contribution in [3.63, 3.8) is 0 Å². The van der Waals surface area contributed by atoms with Gasteiger partial charge >= 0.3 is 11.9 Å². The molecule has 5 heteroatoms. The average molecular weight is 310 g/mol. The van der Waals surface area contributed by atoms with Gasteiger partial charge in [-0.1, -0.05) is 12.0 Å². The first-order valence-electron chi connectivity index (χ1n) is 7.52. The van der Waals surface area contributed by atoms with Gasteiger partial charge in [-0.05, 0) is 54.6 Å². The number of hydrogen-bond donors (Lipinski definition) is 0. The van der Waals surface area contributed by atoms with Crippen molar-refractivity contribution in [3.8, 4) is 0 Å². The Bertz CT molecular complexity index is 494. The summed E-state index contributed by atoms with van der Waals surface area (Å²) < 4.78 is 10.0. The smallest absolute Gasteiger partial charge is 0.323 e. The van der Waals surface area contributed by atoms with Crippen molar-refractivity contribution in [1.29, 1.82) is 0 Å². The fourth-order valence-electron chi connectivity index (χ4n) is 4.91. The van der Waals surface area contributed by atoms with Crippen LogP contribution in [-0.4, -0.2) is 32.4 Å². The van der Waals surface area contributed by atoms with E-state index < -0.39 is 17.4 Å². The van der Waals surface area contributed by atoms with Gasteiger partial charge in [0.1, 0.15) is 0 Å². The van der Waals surface area contributed by atoms with E-state index in [4.69, 9.17) is 9.47 Å². The van der Waals surface area contributed by atoms with Crippen LogP contribution in [0.15, 0.2) is 10.5 Å². The summed E-state index contributed by atoms with van der Waals surface area (Å²) in [6.07, 6.45) is 6.90. The molecule has 3 atom stereocenters. The van der Waals surface area contributed by atoms with Gasteiger partial charge in [-0.15, -0.1) is 11.8 Å². The zero-order chi connectivity index (χ0) is 15.2. The third kappa shape index (κ3) is 1.89. The first-order chi connectivity index (χ1) is 10.1. The molecule has 0 saturated heterocycles. The van der Waals surface area contributed by atoms with E-state index >= 15 is 0 Å². The molecule has 0 amide bonds. The summed E-state index contributed by atoms with van der Waals surface area (Å²) in [5.41, 5.74) is 0.219. The predicted molar refractivity (Wildman–Crippen MR) is 80.6 cm³/mol. The van der Waals surface area contributed by atoms with E-state index in [1.54, 1.807) is 11.8 Å². The number of carbonyl (C=O) groups is 2. The molecule has 0 spiro atoms. The maximum atomic E-state index is 12.5. The third-order valence-corrected chi connectivity index (χ3v) is 6.61. The van der Waals surface area contributed by atoms with Gasteiger partial charge in [0.2, 0.25) is 0 Å². The molecule has 21 heavy (non-hydrogen) atoms. The molecular weight excluding hydrogens is 288 g/mol. The Kier molecular flexibility index (Phi) is 3.80. The highest BCUT2D eigenvalue weighted by molar-refractivity contribution is 8.02. The number of ether oxygens (including phenoxy) is 2. The molecule has 0 unspecified atom stereocenters. The second-order valence-electron chi connectivity index (χ2n) is 6.31. The normalized spacial score (nSPS) is 32.8. The summed E-state index contributed by atoms with van der Waals surface area (Å²) in [6, 6.07) is 0. The molecule has 0 radical (unpaired) electrons. The Labute approximate surface area is 129 Å². The highest BCUT2D eigenvalue weighted by atomic mass is 32.2. The van der Waals surface area contributed by atoms with Crippen LogP contribution in [0.5, 0.6) is 0 Å². The molecule has 0 N–H and O–H groups in total. The molecule has 0 heterocycles. The molecule has 2 fully saturated rings. The molecule has 0 aliphatic heterocycles. The van der Waals surface area contributed by atoms with Crippen LogP contribution in [0, 0.1) is 23.2 Å². The summed E-state index contributed by atoms with van der Waals surface area (Å²) >= 11 is 1.77. The Hall–Kier alpha value is -0.970. The Morgan fingerprint density at radius 3 is 2.43 bits per heavy atom. The lowest BCUT2D eigenvalue weighted by molar-refractivity contribution is -0.174. The molecule has 116 valence electrons. The van der Waals surface area contributed by atoms with Crippen molar-refractivity contribution in [2.45, 2.75) is 32.1 Å². The minimum atomic E-state index is -1.11. The lowest BCUT2D eigenvalue weighted by Gasteiger charge is -2.37. The minimum absolute atomic E-state index is 0.0517. The Balaban J connectivity index is 2.10. The molecule has 3 aliphatic rings.